The molecule has 24 heavy (non-hydrogen) atoms. The summed E-state index contributed by atoms with van der Waals surface area (Å²) in [6.07, 6.45) is 6.34. The third-order valence-electron chi connectivity index (χ3n) is 4.04. The van der Waals surface area contributed by atoms with E-state index in [4.69, 9.17) is 0 Å². The summed E-state index contributed by atoms with van der Waals surface area (Å²) >= 11 is 0. The first-order chi connectivity index (χ1) is 11.8. The molecule has 0 aliphatic carbocycles. The number of aromatic nitrogens is 4. The van der Waals surface area contributed by atoms with E-state index in [2.05, 4.69) is 31.2 Å². The topological polar surface area (TPSA) is 96.8 Å². The van der Waals surface area contributed by atoms with E-state index < -0.39 is 0 Å². The smallest absolute Gasteiger partial charge is 0.273 e. The number of carbonyl (C=O) groups is 1. The van der Waals surface area contributed by atoms with E-state index in [0.717, 1.165) is 44.7 Å². The molecule has 1 saturated heterocycles. The Kier molecular flexibility index (Phi) is 5.73. The molecule has 3 N–H and O–H groups in total. The third kappa shape index (κ3) is 4.51. The predicted octanol–water partition coefficient (Wildman–Crippen LogP) is 0.830. The second-order valence-electron chi connectivity index (χ2n) is 5.82. The molecule has 0 saturated carbocycles. The van der Waals surface area contributed by atoms with Crippen LogP contribution in [0.1, 0.15) is 35.8 Å². The minimum absolute atomic E-state index is 0.173. The molecule has 3 rings (SSSR count). The maximum absolute atomic E-state index is 12.1. The highest BCUT2D eigenvalue weighted by atomic mass is 16.2. The Morgan fingerprint density at radius 1 is 1.29 bits per heavy atom. The second kappa shape index (κ2) is 8.39. The van der Waals surface area contributed by atoms with E-state index in [9.17, 15) is 4.79 Å². The molecular formula is C16H23N7O. The van der Waals surface area contributed by atoms with Crippen molar-refractivity contribution < 1.29 is 4.79 Å². The fourth-order valence-corrected chi connectivity index (χ4v) is 2.70. The Hall–Kier alpha value is -2.48. The van der Waals surface area contributed by atoms with Gasteiger partial charge in [0.15, 0.2) is 5.69 Å². The van der Waals surface area contributed by atoms with Crippen LogP contribution in [0.25, 0.3) is 0 Å². The number of hydrogen-bond acceptors (Lipinski definition) is 6. The average Bonchev–Trinajstić information content (AvgIpc) is 3.13. The number of anilines is 1. The van der Waals surface area contributed by atoms with Gasteiger partial charge in [0.25, 0.3) is 5.91 Å². The van der Waals surface area contributed by atoms with Gasteiger partial charge in [-0.2, -0.15) is 0 Å². The van der Waals surface area contributed by atoms with Gasteiger partial charge in [-0.1, -0.05) is 11.3 Å². The van der Waals surface area contributed by atoms with Gasteiger partial charge in [0.2, 0.25) is 0 Å². The summed E-state index contributed by atoms with van der Waals surface area (Å²) in [6.45, 7) is 3.29. The van der Waals surface area contributed by atoms with Gasteiger partial charge in [-0.15, -0.1) is 5.10 Å². The van der Waals surface area contributed by atoms with Crippen LogP contribution in [0, 0.1) is 0 Å². The minimum atomic E-state index is -0.173. The van der Waals surface area contributed by atoms with Crippen LogP contribution in [0.15, 0.2) is 30.6 Å². The largest absolute Gasteiger partial charge is 0.370 e. The fourth-order valence-electron chi connectivity index (χ4n) is 2.70. The second-order valence-corrected chi connectivity index (χ2v) is 5.82. The molecule has 128 valence electrons. The van der Waals surface area contributed by atoms with Crippen LogP contribution >= 0.6 is 0 Å². The molecule has 1 fully saturated rings. The van der Waals surface area contributed by atoms with Crippen molar-refractivity contribution in [1.29, 1.82) is 0 Å². The third-order valence-corrected chi connectivity index (χ3v) is 4.04. The van der Waals surface area contributed by atoms with Crippen LogP contribution in [0.5, 0.6) is 0 Å². The van der Waals surface area contributed by atoms with Crippen molar-refractivity contribution in [1.82, 2.24) is 30.6 Å². The van der Waals surface area contributed by atoms with Gasteiger partial charge in [-0.3, -0.25) is 4.79 Å². The van der Waals surface area contributed by atoms with Crippen molar-refractivity contribution in [2.45, 2.75) is 25.3 Å². The van der Waals surface area contributed by atoms with Gasteiger partial charge in [-0.05, 0) is 44.5 Å². The van der Waals surface area contributed by atoms with Crippen LogP contribution in [-0.4, -0.2) is 52.1 Å². The summed E-state index contributed by atoms with van der Waals surface area (Å²) in [5.41, 5.74) is 0.381. The molecule has 2 aromatic rings. The van der Waals surface area contributed by atoms with Crippen molar-refractivity contribution in [2.24, 2.45) is 0 Å². The molecule has 0 atom stereocenters. The van der Waals surface area contributed by atoms with E-state index in [1.807, 2.05) is 22.9 Å². The quantitative estimate of drug-likeness (QED) is 0.651. The molecule has 0 aromatic carbocycles. The number of carbonyl (C=O) groups excluding carboxylic acids is 1. The fraction of sp³-hybridized carbons (Fsp3) is 0.500. The van der Waals surface area contributed by atoms with Crippen molar-refractivity contribution in [3.63, 3.8) is 0 Å². The van der Waals surface area contributed by atoms with Gasteiger partial charge < -0.3 is 16.0 Å². The van der Waals surface area contributed by atoms with Crippen LogP contribution in [-0.2, 0) is 0 Å². The molecule has 0 bridgehead atoms. The molecule has 8 nitrogen and oxygen atoms in total. The molecule has 0 spiro atoms. The van der Waals surface area contributed by atoms with Gasteiger partial charge in [0, 0.05) is 19.3 Å². The molecule has 2 aromatic heterocycles. The highest BCUT2D eigenvalue weighted by molar-refractivity contribution is 5.91. The monoisotopic (exact) mass is 329 g/mol. The van der Waals surface area contributed by atoms with E-state index in [1.165, 1.54) is 0 Å². The molecule has 0 unspecified atom stereocenters. The summed E-state index contributed by atoms with van der Waals surface area (Å²) in [7, 11) is 0. The minimum Gasteiger partial charge on any atom is -0.370 e. The van der Waals surface area contributed by atoms with Crippen molar-refractivity contribution >= 4 is 11.7 Å². The Bertz CT molecular complexity index is 637. The highest BCUT2D eigenvalue weighted by Gasteiger charge is 2.18. The van der Waals surface area contributed by atoms with Gasteiger partial charge in [-0.25, -0.2) is 9.67 Å². The molecular weight excluding hydrogens is 306 g/mol. The number of hydrogen-bond donors (Lipinski definition) is 3. The van der Waals surface area contributed by atoms with Crippen molar-refractivity contribution in [2.75, 3.05) is 31.5 Å². The van der Waals surface area contributed by atoms with Crippen LogP contribution in [0.2, 0.25) is 0 Å². The number of pyridine rings is 1. The van der Waals surface area contributed by atoms with Crippen LogP contribution in [0.4, 0.5) is 5.82 Å². The Morgan fingerprint density at radius 3 is 2.96 bits per heavy atom. The zero-order valence-corrected chi connectivity index (χ0v) is 13.6. The van der Waals surface area contributed by atoms with Gasteiger partial charge >= 0.3 is 0 Å². The van der Waals surface area contributed by atoms with E-state index in [-0.39, 0.29) is 5.91 Å². The first kappa shape index (κ1) is 16.4. The van der Waals surface area contributed by atoms with Crippen LogP contribution < -0.4 is 16.0 Å². The average molecular weight is 329 g/mol. The summed E-state index contributed by atoms with van der Waals surface area (Å²) in [4.78, 5) is 16.3. The zero-order chi connectivity index (χ0) is 16.6. The summed E-state index contributed by atoms with van der Waals surface area (Å²) in [5, 5.41) is 17.5. The lowest BCUT2D eigenvalue weighted by Crippen LogP contribution is -2.29. The van der Waals surface area contributed by atoms with Crippen LogP contribution in [0.3, 0.4) is 0 Å². The van der Waals surface area contributed by atoms with E-state index >= 15 is 0 Å². The Labute approximate surface area is 141 Å². The van der Waals surface area contributed by atoms with Gasteiger partial charge in [0.1, 0.15) is 5.82 Å². The SMILES string of the molecule is O=C(NCCCNc1ccccn1)c1cn(C2CCNCC2)nn1. The van der Waals surface area contributed by atoms with Gasteiger partial charge in [0.05, 0.1) is 12.2 Å². The number of amides is 1. The number of nitrogens with one attached hydrogen (secondary N) is 3. The summed E-state index contributed by atoms with van der Waals surface area (Å²) in [6, 6.07) is 6.06. The van der Waals surface area contributed by atoms with Crippen molar-refractivity contribution in [3.8, 4) is 0 Å². The lowest BCUT2D eigenvalue weighted by atomic mass is 10.1. The Balaban J connectivity index is 1.38. The molecule has 8 heteroatoms. The Morgan fingerprint density at radius 2 is 2.17 bits per heavy atom. The molecule has 1 amide bonds. The zero-order valence-electron chi connectivity index (χ0n) is 13.6. The summed E-state index contributed by atoms with van der Waals surface area (Å²) in [5.74, 6) is 0.668. The molecule has 1 aliphatic rings. The van der Waals surface area contributed by atoms with Crippen molar-refractivity contribution in [3.05, 3.63) is 36.3 Å². The van der Waals surface area contributed by atoms with E-state index in [1.54, 1.807) is 12.4 Å². The highest BCUT2D eigenvalue weighted by Crippen LogP contribution is 2.16. The summed E-state index contributed by atoms with van der Waals surface area (Å²) < 4.78 is 1.82. The first-order valence-corrected chi connectivity index (χ1v) is 8.38. The number of rotatable bonds is 7. The molecule has 0 radical (unpaired) electrons. The maximum atomic E-state index is 12.1. The number of nitrogens with zero attached hydrogens (tertiary/aromatic N) is 4. The lowest BCUT2D eigenvalue weighted by Gasteiger charge is -2.22. The van der Waals surface area contributed by atoms with E-state index in [0.29, 0.717) is 18.3 Å². The molecule has 1 aliphatic heterocycles. The predicted molar refractivity (Wildman–Crippen MR) is 90.8 cm³/mol. The normalized spacial score (nSPS) is 15.2. The first-order valence-electron chi connectivity index (χ1n) is 8.38. The number of piperidine rings is 1. The maximum Gasteiger partial charge on any atom is 0.273 e. The molecule has 3 heterocycles. The standard InChI is InChI=1S/C16H23N7O/c24-16(20-9-3-8-19-15-4-1-2-7-18-15)14-12-23(22-21-14)13-5-10-17-11-6-13/h1-2,4,7,12-13,17H,3,5-6,8-11H2,(H,18,19)(H,20,24). The lowest BCUT2D eigenvalue weighted by molar-refractivity contribution is 0.0948.